The average molecular weight is 287 g/mol. The number of rotatable bonds is 3. The molecule has 1 atom stereocenters. The third kappa shape index (κ3) is 3.36. The molecule has 110 valence electrons. The first-order valence-electron chi connectivity index (χ1n) is 7.02. The molecule has 1 aliphatic heterocycles. The van der Waals surface area contributed by atoms with Crippen LogP contribution in [0.15, 0.2) is 30.3 Å². The minimum absolute atomic E-state index is 0.127. The van der Waals surface area contributed by atoms with Crippen molar-refractivity contribution in [3.8, 4) is 0 Å². The number of nitrogens with zero attached hydrogens (tertiary/aromatic N) is 4. The summed E-state index contributed by atoms with van der Waals surface area (Å²) in [7, 11) is 0. The topological polar surface area (TPSA) is 84.0 Å². The van der Waals surface area contributed by atoms with Crippen LogP contribution >= 0.6 is 0 Å². The monoisotopic (exact) mass is 287 g/mol. The smallest absolute Gasteiger partial charge is 0.410 e. The van der Waals surface area contributed by atoms with Crippen LogP contribution in [0.3, 0.4) is 0 Å². The summed E-state index contributed by atoms with van der Waals surface area (Å²) < 4.78 is 5.36. The molecule has 1 unspecified atom stereocenters. The van der Waals surface area contributed by atoms with Crippen LogP contribution in [0.2, 0.25) is 0 Å². The first-order valence-corrected chi connectivity index (χ1v) is 7.02. The second-order valence-electron chi connectivity index (χ2n) is 5.10. The van der Waals surface area contributed by atoms with Gasteiger partial charge in [0.05, 0.1) is 0 Å². The Hall–Kier alpha value is -2.44. The zero-order chi connectivity index (χ0) is 14.5. The van der Waals surface area contributed by atoms with Crippen LogP contribution in [0.25, 0.3) is 0 Å². The van der Waals surface area contributed by atoms with Crippen molar-refractivity contribution >= 4 is 6.09 Å². The zero-order valence-electron chi connectivity index (χ0n) is 11.6. The van der Waals surface area contributed by atoms with Gasteiger partial charge in [-0.05, 0) is 18.4 Å². The van der Waals surface area contributed by atoms with Crippen LogP contribution < -0.4 is 0 Å². The number of H-pyrrole nitrogens is 1. The average Bonchev–Trinajstić information content (AvgIpc) is 3.08. The number of ether oxygens (including phenoxy) is 1. The van der Waals surface area contributed by atoms with E-state index in [9.17, 15) is 4.79 Å². The van der Waals surface area contributed by atoms with E-state index in [-0.39, 0.29) is 12.0 Å². The highest BCUT2D eigenvalue weighted by Crippen LogP contribution is 2.24. The lowest BCUT2D eigenvalue weighted by Crippen LogP contribution is -2.39. The van der Waals surface area contributed by atoms with Gasteiger partial charge in [0, 0.05) is 19.0 Å². The molecule has 1 N–H and O–H groups in total. The molecule has 1 aromatic heterocycles. The molecule has 7 heteroatoms. The molecule has 1 amide bonds. The van der Waals surface area contributed by atoms with E-state index < -0.39 is 0 Å². The number of carbonyl (C=O) groups is 1. The predicted molar refractivity (Wildman–Crippen MR) is 74.4 cm³/mol. The van der Waals surface area contributed by atoms with Crippen molar-refractivity contribution in [3.63, 3.8) is 0 Å². The fourth-order valence-corrected chi connectivity index (χ4v) is 2.51. The van der Waals surface area contributed by atoms with Crippen molar-refractivity contribution in [1.29, 1.82) is 0 Å². The number of likely N-dealkylation sites (tertiary alicyclic amines) is 1. The predicted octanol–water partition coefficient (Wildman–Crippen LogP) is 1.72. The maximum Gasteiger partial charge on any atom is 0.410 e. The molecular formula is C14H17N5O2. The minimum Gasteiger partial charge on any atom is -0.445 e. The Balaban J connectivity index is 1.55. The summed E-state index contributed by atoms with van der Waals surface area (Å²) >= 11 is 0. The second-order valence-corrected chi connectivity index (χ2v) is 5.10. The van der Waals surface area contributed by atoms with Gasteiger partial charge in [-0.3, -0.25) is 0 Å². The third-order valence-electron chi connectivity index (χ3n) is 3.61. The summed E-state index contributed by atoms with van der Waals surface area (Å²) in [6, 6.07) is 9.66. The number of carbonyl (C=O) groups excluding carboxylic acids is 1. The maximum absolute atomic E-state index is 12.1. The third-order valence-corrected chi connectivity index (χ3v) is 3.61. The van der Waals surface area contributed by atoms with Crippen molar-refractivity contribution in [2.24, 2.45) is 0 Å². The van der Waals surface area contributed by atoms with Crippen molar-refractivity contribution in [2.45, 2.75) is 25.4 Å². The van der Waals surface area contributed by atoms with Crippen LogP contribution in [0, 0.1) is 0 Å². The number of piperidine rings is 1. The fraction of sp³-hybridized carbons (Fsp3) is 0.429. The Morgan fingerprint density at radius 1 is 1.38 bits per heavy atom. The molecule has 0 radical (unpaired) electrons. The minimum atomic E-state index is -0.285. The standard InChI is InChI=1S/C14H17N5O2/c20-14(21-10-11-5-2-1-3-6-11)19-8-4-7-12(9-19)13-15-17-18-16-13/h1-3,5-6,12H,4,7-10H2,(H,15,16,17,18). The van der Waals surface area contributed by atoms with Gasteiger partial charge in [-0.2, -0.15) is 5.21 Å². The molecule has 0 saturated carbocycles. The lowest BCUT2D eigenvalue weighted by molar-refractivity contribution is 0.0853. The van der Waals surface area contributed by atoms with Gasteiger partial charge in [0.1, 0.15) is 6.61 Å². The number of aromatic nitrogens is 4. The SMILES string of the molecule is O=C(OCc1ccccc1)N1CCCC(c2nn[nH]n2)C1. The normalized spacial score (nSPS) is 18.5. The summed E-state index contributed by atoms with van der Waals surface area (Å²) in [5.74, 6) is 0.789. The molecule has 3 rings (SSSR count). The molecule has 1 aromatic carbocycles. The van der Waals surface area contributed by atoms with Crippen molar-refractivity contribution < 1.29 is 9.53 Å². The lowest BCUT2D eigenvalue weighted by atomic mass is 9.98. The Kier molecular flexibility index (Phi) is 4.09. The number of aromatic amines is 1. The van der Waals surface area contributed by atoms with Gasteiger partial charge < -0.3 is 9.64 Å². The van der Waals surface area contributed by atoms with Gasteiger partial charge in [-0.15, -0.1) is 10.2 Å². The van der Waals surface area contributed by atoms with Crippen LogP contribution in [-0.4, -0.2) is 44.7 Å². The molecule has 2 aromatic rings. The van der Waals surface area contributed by atoms with E-state index in [1.165, 1.54) is 0 Å². The quantitative estimate of drug-likeness (QED) is 0.929. The second kappa shape index (κ2) is 6.34. The van der Waals surface area contributed by atoms with Crippen LogP contribution in [0.4, 0.5) is 4.79 Å². The molecular weight excluding hydrogens is 270 g/mol. The first-order chi connectivity index (χ1) is 10.3. The Bertz CT molecular complexity index is 572. The first kappa shape index (κ1) is 13.5. The molecule has 1 fully saturated rings. The number of benzene rings is 1. The van der Waals surface area contributed by atoms with Gasteiger partial charge in [0.2, 0.25) is 0 Å². The molecule has 1 aliphatic rings. The van der Waals surface area contributed by atoms with Gasteiger partial charge in [-0.1, -0.05) is 35.5 Å². The van der Waals surface area contributed by atoms with E-state index >= 15 is 0 Å². The molecule has 0 spiro atoms. The van der Waals surface area contributed by atoms with Crippen LogP contribution in [0.1, 0.15) is 30.1 Å². The van der Waals surface area contributed by atoms with E-state index in [2.05, 4.69) is 20.6 Å². The molecule has 0 aliphatic carbocycles. The summed E-state index contributed by atoms with van der Waals surface area (Å²) in [5, 5.41) is 14.0. The van der Waals surface area contributed by atoms with Gasteiger partial charge in [0.25, 0.3) is 0 Å². The Morgan fingerprint density at radius 3 is 3.00 bits per heavy atom. The lowest BCUT2D eigenvalue weighted by Gasteiger charge is -2.30. The van der Waals surface area contributed by atoms with Crippen LogP contribution in [0.5, 0.6) is 0 Å². The highest BCUT2D eigenvalue weighted by atomic mass is 16.6. The number of hydrogen-bond acceptors (Lipinski definition) is 5. The Morgan fingerprint density at radius 2 is 2.24 bits per heavy atom. The molecule has 0 bridgehead atoms. The molecule has 2 heterocycles. The fourth-order valence-electron chi connectivity index (χ4n) is 2.51. The summed E-state index contributed by atoms with van der Waals surface area (Å²) in [6.07, 6.45) is 1.59. The summed E-state index contributed by atoms with van der Waals surface area (Å²) in [4.78, 5) is 13.8. The van der Waals surface area contributed by atoms with E-state index in [4.69, 9.17) is 4.74 Å². The van der Waals surface area contributed by atoms with Gasteiger partial charge >= 0.3 is 6.09 Å². The Labute approximate surface area is 122 Å². The van der Waals surface area contributed by atoms with E-state index in [0.717, 1.165) is 18.4 Å². The number of nitrogens with one attached hydrogen (secondary N) is 1. The van der Waals surface area contributed by atoms with Gasteiger partial charge in [-0.25, -0.2) is 4.79 Å². The highest BCUT2D eigenvalue weighted by molar-refractivity contribution is 5.67. The highest BCUT2D eigenvalue weighted by Gasteiger charge is 2.28. The molecule has 7 nitrogen and oxygen atoms in total. The molecule has 1 saturated heterocycles. The van der Waals surface area contributed by atoms with E-state index in [1.807, 2.05) is 30.3 Å². The summed E-state index contributed by atoms with van der Waals surface area (Å²) in [6.45, 7) is 1.58. The van der Waals surface area contributed by atoms with Crippen molar-refractivity contribution in [1.82, 2.24) is 25.5 Å². The molecule has 21 heavy (non-hydrogen) atoms. The van der Waals surface area contributed by atoms with E-state index in [0.29, 0.717) is 25.5 Å². The number of amides is 1. The van der Waals surface area contributed by atoms with Crippen LogP contribution in [-0.2, 0) is 11.3 Å². The van der Waals surface area contributed by atoms with Crippen molar-refractivity contribution in [3.05, 3.63) is 41.7 Å². The summed E-state index contributed by atoms with van der Waals surface area (Å²) in [5.41, 5.74) is 0.984. The van der Waals surface area contributed by atoms with E-state index in [1.54, 1.807) is 4.90 Å². The number of tetrazole rings is 1. The largest absolute Gasteiger partial charge is 0.445 e. The zero-order valence-corrected chi connectivity index (χ0v) is 11.6. The van der Waals surface area contributed by atoms with Crippen molar-refractivity contribution in [2.75, 3.05) is 13.1 Å². The van der Waals surface area contributed by atoms with Gasteiger partial charge in [0.15, 0.2) is 5.82 Å². The number of hydrogen-bond donors (Lipinski definition) is 1. The maximum atomic E-state index is 12.1.